The molecule has 1 fully saturated rings. The van der Waals surface area contributed by atoms with Gasteiger partial charge in [-0.25, -0.2) is 0 Å². The van der Waals surface area contributed by atoms with Crippen LogP contribution >= 0.6 is 0 Å². The zero-order valence-corrected chi connectivity index (χ0v) is 19.6. The van der Waals surface area contributed by atoms with Crippen molar-refractivity contribution in [2.24, 2.45) is 11.8 Å². The van der Waals surface area contributed by atoms with Gasteiger partial charge in [-0.05, 0) is 71.1 Å². The first-order valence-corrected chi connectivity index (χ1v) is 11.6. The maximum atomic E-state index is 6.34. The Labute approximate surface area is 170 Å². The molecule has 1 rings (SSSR count). The fourth-order valence-electron chi connectivity index (χ4n) is 3.85. The number of hydrogen-bond donors (Lipinski definition) is 0. The summed E-state index contributed by atoms with van der Waals surface area (Å²) in [6.07, 6.45) is 3.87. The lowest BCUT2D eigenvalue weighted by Crippen LogP contribution is -2.51. The summed E-state index contributed by atoms with van der Waals surface area (Å²) in [4.78, 5) is 7.73. The molecule has 0 aliphatic carbocycles. The molecule has 0 amide bonds. The zero-order valence-electron chi connectivity index (χ0n) is 19.6. The molecule has 0 saturated carbocycles. The first-order chi connectivity index (χ1) is 12.8. The molecular weight excluding hydrogens is 334 g/mol. The van der Waals surface area contributed by atoms with Gasteiger partial charge in [0.2, 0.25) is 0 Å². The van der Waals surface area contributed by atoms with E-state index in [1.54, 1.807) is 0 Å². The van der Waals surface area contributed by atoms with E-state index in [0.717, 1.165) is 19.1 Å². The molecule has 162 valence electrons. The molecule has 1 unspecified atom stereocenters. The fraction of sp³-hybridized carbons (Fsp3) is 1.00. The second-order valence-corrected chi connectivity index (χ2v) is 9.65. The topological polar surface area (TPSA) is 19.0 Å². The molecule has 1 heterocycles. The Morgan fingerprint density at radius 1 is 0.926 bits per heavy atom. The highest BCUT2D eigenvalue weighted by molar-refractivity contribution is 4.80. The van der Waals surface area contributed by atoms with Crippen LogP contribution < -0.4 is 0 Å². The van der Waals surface area contributed by atoms with Gasteiger partial charge in [0.1, 0.15) is 0 Å². The molecule has 1 aliphatic heterocycles. The Bertz CT molecular complexity index is 361. The van der Waals surface area contributed by atoms with Crippen molar-refractivity contribution in [1.82, 2.24) is 14.7 Å². The average Bonchev–Trinajstić information content (AvgIpc) is 2.63. The molecule has 0 radical (unpaired) electrons. The summed E-state index contributed by atoms with van der Waals surface area (Å²) in [5.74, 6) is 1.46. The van der Waals surface area contributed by atoms with Gasteiger partial charge in [-0.2, -0.15) is 0 Å². The van der Waals surface area contributed by atoms with Crippen molar-refractivity contribution in [1.29, 1.82) is 0 Å². The molecule has 27 heavy (non-hydrogen) atoms. The minimum Gasteiger partial charge on any atom is -0.374 e. The third kappa shape index (κ3) is 11.4. The normalized spacial score (nSPS) is 18.6. The lowest BCUT2D eigenvalue weighted by Gasteiger charge is -2.39. The van der Waals surface area contributed by atoms with Crippen LogP contribution in [0.1, 0.15) is 67.7 Å². The van der Waals surface area contributed by atoms with Gasteiger partial charge in [-0.3, -0.25) is 4.90 Å². The Kier molecular flexibility index (Phi) is 12.1. The largest absolute Gasteiger partial charge is 0.374 e. The van der Waals surface area contributed by atoms with Gasteiger partial charge in [0.25, 0.3) is 0 Å². The van der Waals surface area contributed by atoms with E-state index >= 15 is 0 Å². The standard InChI is InChI=1S/C23H49N3O/c1-8-24(9-2)13-10-11-22(5)19-27-23(6,7)20-26-17-15-25(16-18-26)14-12-21(3)4/h21-22H,8-20H2,1-7H3. The van der Waals surface area contributed by atoms with Crippen LogP contribution in [0.3, 0.4) is 0 Å². The van der Waals surface area contributed by atoms with E-state index in [9.17, 15) is 0 Å². The Hall–Kier alpha value is -0.160. The highest BCUT2D eigenvalue weighted by atomic mass is 16.5. The van der Waals surface area contributed by atoms with Crippen LogP contribution in [0.2, 0.25) is 0 Å². The van der Waals surface area contributed by atoms with E-state index in [1.165, 1.54) is 71.6 Å². The summed E-state index contributed by atoms with van der Waals surface area (Å²) in [5.41, 5.74) is -0.0484. The van der Waals surface area contributed by atoms with E-state index in [0.29, 0.717) is 5.92 Å². The second kappa shape index (κ2) is 13.1. The van der Waals surface area contributed by atoms with Crippen LogP contribution in [0, 0.1) is 11.8 Å². The first-order valence-electron chi connectivity index (χ1n) is 11.6. The second-order valence-electron chi connectivity index (χ2n) is 9.65. The van der Waals surface area contributed by atoms with Gasteiger partial charge in [0, 0.05) is 39.3 Å². The molecular formula is C23H49N3O. The van der Waals surface area contributed by atoms with Crippen molar-refractivity contribution < 1.29 is 4.74 Å². The SMILES string of the molecule is CCN(CC)CCCC(C)COC(C)(C)CN1CCN(CCC(C)C)CC1. The molecule has 4 nitrogen and oxygen atoms in total. The molecule has 4 heteroatoms. The van der Waals surface area contributed by atoms with E-state index in [4.69, 9.17) is 4.74 Å². The summed E-state index contributed by atoms with van der Waals surface area (Å²) in [7, 11) is 0. The van der Waals surface area contributed by atoms with Gasteiger partial charge in [0.05, 0.1) is 5.60 Å². The number of piperazine rings is 1. The summed E-state index contributed by atoms with van der Waals surface area (Å²) in [6, 6.07) is 0. The lowest BCUT2D eigenvalue weighted by molar-refractivity contribution is -0.0598. The fourth-order valence-corrected chi connectivity index (χ4v) is 3.85. The zero-order chi connectivity index (χ0) is 20.3. The predicted octanol–water partition coefficient (Wildman–Crippen LogP) is 4.20. The molecule has 0 spiro atoms. The van der Waals surface area contributed by atoms with Crippen molar-refractivity contribution in [2.45, 2.75) is 73.3 Å². The van der Waals surface area contributed by atoms with Crippen molar-refractivity contribution in [3.05, 3.63) is 0 Å². The molecule has 0 aromatic carbocycles. The highest BCUT2D eigenvalue weighted by Gasteiger charge is 2.26. The summed E-state index contributed by atoms with van der Waals surface area (Å²) in [6.45, 7) is 27.6. The highest BCUT2D eigenvalue weighted by Crippen LogP contribution is 2.17. The molecule has 1 saturated heterocycles. The van der Waals surface area contributed by atoms with Gasteiger partial charge in [-0.15, -0.1) is 0 Å². The quantitative estimate of drug-likeness (QED) is 0.447. The smallest absolute Gasteiger partial charge is 0.0752 e. The van der Waals surface area contributed by atoms with Gasteiger partial charge >= 0.3 is 0 Å². The predicted molar refractivity (Wildman–Crippen MR) is 119 cm³/mol. The average molecular weight is 384 g/mol. The Morgan fingerprint density at radius 2 is 1.52 bits per heavy atom. The van der Waals surface area contributed by atoms with Crippen LogP contribution in [0.15, 0.2) is 0 Å². The molecule has 0 aromatic rings. The monoisotopic (exact) mass is 383 g/mol. The van der Waals surface area contributed by atoms with Crippen LogP contribution in [0.25, 0.3) is 0 Å². The maximum Gasteiger partial charge on any atom is 0.0752 e. The van der Waals surface area contributed by atoms with Gasteiger partial charge in [0.15, 0.2) is 0 Å². The summed E-state index contributed by atoms with van der Waals surface area (Å²) in [5, 5.41) is 0. The first kappa shape index (κ1) is 24.9. The molecule has 0 bridgehead atoms. The van der Waals surface area contributed by atoms with Gasteiger partial charge < -0.3 is 14.5 Å². The summed E-state index contributed by atoms with van der Waals surface area (Å²) >= 11 is 0. The van der Waals surface area contributed by atoms with Crippen molar-refractivity contribution in [3.8, 4) is 0 Å². The van der Waals surface area contributed by atoms with Crippen LogP contribution in [-0.2, 0) is 4.74 Å². The summed E-state index contributed by atoms with van der Waals surface area (Å²) < 4.78 is 6.34. The Morgan fingerprint density at radius 3 is 2.07 bits per heavy atom. The molecule has 0 N–H and O–H groups in total. The van der Waals surface area contributed by atoms with Crippen LogP contribution in [0.4, 0.5) is 0 Å². The third-order valence-electron chi connectivity index (χ3n) is 5.92. The van der Waals surface area contributed by atoms with E-state index in [1.807, 2.05) is 0 Å². The number of hydrogen-bond acceptors (Lipinski definition) is 4. The van der Waals surface area contributed by atoms with Crippen molar-refractivity contribution in [2.75, 3.05) is 65.5 Å². The Balaban J connectivity index is 2.20. The number of nitrogens with zero attached hydrogens (tertiary/aromatic N) is 3. The van der Waals surface area contributed by atoms with Crippen molar-refractivity contribution >= 4 is 0 Å². The van der Waals surface area contributed by atoms with Crippen LogP contribution in [0.5, 0.6) is 0 Å². The molecule has 1 aliphatic rings. The minimum absolute atomic E-state index is 0.0484. The lowest BCUT2D eigenvalue weighted by atomic mass is 10.0. The van der Waals surface area contributed by atoms with Gasteiger partial charge in [-0.1, -0.05) is 34.6 Å². The molecule has 0 aromatic heterocycles. The van der Waals surface area contributed by atoms with E-state index < -0.39 is 0 Å². The van der Waals surface area contributed by atoms with E-state index in [-0.39, 0.29) is 5.60 Å². The maximum absolute atomic E-state index is 6.34. The number of rotatable bonds is 14. The minimum atomic E-state index is -0.0484. The van der Waals surface area contributed by atoms with Crippen LogP contribution in [-0.4, -0.2) is 85.8 Å². The van der Waals surface area contributed by atoms with Crippen molar-refractivity contribution in [3.63, 3.8) is 0 Å². The van der Waals surface area contributed by atoms with E-state index in [2.05, 4.69) is 63.2 Å². The number of ether oxygens (including phenoxy) is 1. The molecule has 1 atom stereocenters. The third-order valence-corrected chi connectivity index (χ3v) is 5.92.